The van der Waals surface area contributed by atoms with Crippen LogP contribution in [0.4, 0.5) is 0 Å². The van der Waals surface area contributed by atoms with E-state index in [4.69, 9.17) is 5.73 Å². The van der Waals surface area contributed by atoms with Gasteiger partial charge in [0.15, 0.2) is 10.5 Å². The number of nitrogens with two attached hydrogens (primary N) is 1. The van der Waals surface area contributed by atoms with Crippen LogP contribution < -0.4 is 5.73 Å². The predicted molar refractivity (Wildman–Crippen MR) is 69.0 cm³/mol. The molecule has 1 saturated carbocycles. The van der Waals surface area contributed by atoms with E-state index < -0.39 is 0 Å². The zero-order valence-corrected chi connectivity index (χ0v) is 10.5. The third kappa shape index (κ3) is 1.83. The van der Waals surface area contributed by atoms with E-state index in [-0.39, 0.29) is 5.41 Å². The highest BCUT2D eigenvalue weighted by Crippen LogP contribution is 2.41. The Kier molecular flexibility index (Phi) is 2.80. The van der Waals surface area contributed by atoms with Crippen molar-refractivity contribution in [3.8, 4) is 0 Å². The monoisotopic (exact) mass is 248 g/mol. The molecular formula is C12H16N4S. The zero-order chi connectivity index (χ0) is 11.7. The summed E-state index contributed by atoms with van der Waals surface area (Å²) in [7, 11) is 0. The van der Waals surface area contributed by atoms with Crippen molar-refractivity contribution in [2.75, 3.05) is 6.54 Å². The standard InChI is InChI=1S/C12H16N4S/c13-8-12(4-2-1-3-5-12)11-16-9-10(17-11)15-7-6-14-9/h6-7H,1-5,8,13H2. The largest absolute Gasteiger partial charge is 0.329 e. The molecule has 2 aromatic rings. The number of nitrogens with zero attached hydrogens (tertiary/aromatic N) is 3. The Morgan fingerprint density at radius 3 is 2.65 bits per heavy atom. The molecule has 0 aliphatic heterocycles. The molecule has 17 heavy (non-hydrogen) atoms. The van der Waals surface area contributed by atoms with E-state index in [2.05, 4.69) is 15.0 Å². The van der Waals surface area contributed by atoms with E-state index in [1.54, 1.807) is 23.7 Å². The Morgan fingerprint density at radius 2 is 1.94 bits per heavy atom. The number of rotatable bonds is 2. The number of thiazole rings is 1. The lowest BCUT2D eigenvalue weighted by Crippen LogP contribution is -2.37. The summed E-state index contributed by atoms with van der Waals surface area (Å²) in [6, 6.07) is 0. The van der Waals surface area contributed by atoms with Gasteiger partial charge in [-0.15, -0.1) is 0 Å². The van der Waals surface area contributed by atoms with E-state index in [1.165, 1.54) is 19.3 Å². The van der Waals surface area contributed by atoms with Gasteiger partial charge in [0.2, 0.25) is 0 Å². The van der Waals surface area contributed by atoms with E-state index in [1.807, 2.05) is 0 Å². The van der Waals surface area contributed by atoms with Crippen molar-refractivity contribution in [2.45, 2.75) is 37.5 Å². The van der Waals surface area contributed by atoms with Crippen LogP contribution in [0, 0.1) is 0 Å². The average molecular weight is 248 g/mol. The molecule has 1 fully saturated rings. The van der Waals surface area contributed by atoms with Gasteiger partial charge in [-0.2, -0.15) is 0 Å². The van der Waals surface area contributed by atoms with Gasteiger partial charge >= 0.3 is 0 Å². The molecule has 5 heteroatoms. The van der Waals surface area contributed by atoms with Crippen molar-refractivity contribution in [1.29, 1.82) is 0 Å². The molecule has 0 aromatic carbocycles. The van der Waals surface area contributed by atoms with Gasteiger partial charge < -0.3 is 5.73 Å². The minimum absolute atomic E-state index is 0.0886. The van der Waals surface area contributed by atoms with Crippen molar-refractivity contribution in [1.82, 2.24) is 15.0 Å². The second-order valence-electron chi connectivity index (χ2n) is 4.75. The Bertz CT molecular complexity index is 483. The number of hydrogen-bond acceptors (Lipinski definition) is 5. The minimum atomic E-state index is 0.0886. The lowest BCUT2D eigenvalue weighted by molar-refractivity contribution is 0.300. The third-order valence-electron chi connectivity index (χ3n) is 3.70. The van der Waals surface area contributed by atoms with Crippen LogP contribution in [0.2, 0.25) is 0 Å². The Hall–Kier alpha value is -1.07. The molecule has 2 N–H and O–H groups in total. The van der Waals surface area contributed by atoms with Gasteiger partial charge in [-0.3, -0.25) is 0 Å². The summed E-state index contributed by atoms with van der Waals surface area (Å²) in [6.45, 7) is 0.687. The topological polar surface area (TPSA) is 64.7 Å². The first-order valence-electron chi connectivity index (χ1n) is 6.12. The van der Waals surface area contributed by atoms with E-state index in [0.29, 0.717) is 6.54 Å². The highest BCUT2D eigenvalue weighted by Gasteiger charge is 2.35. The van der Waals surface area contributed by atoms with Crippen molar-refractivity contribution in [3.05, 3.63) is 17.4 Å². The van der Waals surface area contributed by atoms with E-state index >= 15 is 0 Å². The molecule has 2 aromatic heterocycles. The van der Waals surface area contributed by atoms with Gasteiger partial charge in [-0.05, 0) is 12.8 Å². The average Bonchev–Trinajstić information content (AvgIpc) is 2.84. The van der Waals surface area contributed by atoms with E-state index in [9.17, 15) is 0 Å². The normalized spacial score (nSPS) is 19.6. The molecule has 0 radical (unpaired) electrons. The van der Waals surface area contributed by atoms with Gasteiger partial charge in [0.1, 0.15) is 5.01 Å². The van der Waals surface area contributed by atoms with Crippen molar-refractivity contribution >= 4 is 21.8 Å². The summed E-state index contributed by atoms with van der Waals surface area (Å²) >= 11 is 1.66. The summed E-state index contributed by atoms with van der Waals surface area (Å²) in [4.78, 5) is 14.1. The molecule has 0 saturated heterocycles. The quantitative estimate of drug-likeness (QED) is 0.885. The fourth-order valence-corrected chi connectivity index (χ4v) is 3.76. The molecule has 1 aliphatic carbocycles. The molecule has 90 valence electrons. The first-order chi connectivity index (χ1) is 8.34. The molecule has 4 nitrogen and oxygen atoms in total. The lowest BCUT2D eigenvalue weighted by Gasteiger charge is -2.34. The van der Waals surface area contributed by atoms with Crippen LogP contribution in [0.15, 0.2) is 12.4 Å². The molecule has 0 unspecified atom stereocenters. The van der Waals surface area contributed by atoms with Gasteiger partial charge in [0.05, 0.1) is 0 Å². The highest BCUT2D eigenvalue weighted by atomic mass is 32.1. The van der Waals surface area contributed by atoms with Crippen molar-refractivity contribution in [2.24, 2.45) is 5.73 Å². The smallest absolute Gasteiger partial charge is 0.189 e. The van der Waals surface area contributed by atoms with Crippen LogP contribution in [0.3, 0.4) is 0 Å². The number of hydrogen-bond donors (Lipinski definition) is 1. The van der Waals surface area contributed by atoms with Crippen LogP contribution in [0.5, 0.6) is 0 Å². The molecular weight excluding hydrogens is 232 g/mol. The predicted octanol–water partition coefficient (Wildman–Crippen LogP) is 2.25. The number of aromatic nitrogens is 3. The maximum Gasteiger partial charge on any atom is 0.189 e. The third-order valence-corrected chi connectivity index (χ3v) is 4.90. The molecule has 1 aliphatic rings. The maximum absolute atomic E-state index is 6.02. The first-order valence-corrected chi connectivity index (χ1v) is 6.94. The number of fused-ring (bicyclic) bond motifs is 1. The fraction of sp³-hybridized carbons (Fsp3) is 0.583. The lowest BCUT2D eigenvalue weighted by atomic mass is 9.74. The van der Waals surface area contributed by atoms with Crippen molar-refractivity contribution < 1.29 is 0 Å². The van der Waals surface area contributed by atoms with Crippen LogP contribution >= 0.6 is 11.3 Å². The van der Waals surface area contributed by atoms with Crippen LogP contribution in [0.25, 0.3) is 10.5 Å². The summed E-state index contributed by atoms with van der Waals surface area (Å²) in [5.41, 5.74) is 6.88. The Labute approximate surface area is 104 Å². The van der Waals surface area contributed by atoms with E-state index in [0.717, 1.165) is 28.3 Å². The summed E-state index contributed by atoms with van der Waals surface area (Å²) < 4.78 is 0. The summed E-state index contributed by atoms with van der Waals surface area (Å²) in [5.74, 6) is 0. The van der Waals surface area contributed by atoms with Crippen LogP contribution in [-0.4, -0.2) is 21.5 Å². The summed E-state index contributed by atoms with van der Waals surface area (Å²) in [5, 5.41) is 1.14. The minimum Gasteiger partial charge on any atom is -0.329 e. The second kappa shape index (κ2) is 4.31. The van der Waals surface area contributed by atoms with Gasteiger partial charge in [0.25, 0.3) is 0 Å². The Balaban J connectivity index is 2.05. The second-order valence-corrected chi connectivity index (χ2v) is 5.73. The molecule has 0 bridgehead atoms. The fourth-order valence-electron chi connectivity index (χ4n) is 2.64. The van der Waals surface area contributed by atoms with Crippen molar-refractivity contribution in [3.63, 3.8) is 0 Å². The zero-order valence-electron chi connectivity index (χ0n) is 9.72. The molecule has 0 spiro atoms. The van der Waals surface area contributed by atoms with Crippen LogP contribution in [0.1, 0.15) is 37.1 Å². The van der Waals surface area contributed by atoms with Gasteiger partial charge in [0, 0.05) is 24.4 Å². The maximum atomic E-state index is 6.02. The SMILES string of the molecule is NCC1(c2nc3nccnc3s2)CCCCC1. The van der Waals surface area contributed by atoms with Crippen LogP contribution in [-0.2, 0) is 5.41 Å². The molecule has 3 rings (SSSR count). The van der Waals surface area contributed by atoms with Gasteiger partial charge in [-0.1, -0.05) is 30.6 Å². The van der Waals surface area contributed by atoms with Gasteiger partial charge in [-0.25, -0.2) is 15.0 Å². The summed E-state index contributed by atoms with van der Waals surface area (Å²) in [6.07, 6.45) is 9.57. The Morgan fingerprint density at radius 1 is 1.18 bits per heavy atom. The molecule has 0 atom stereocenters. The molecule has 2 heterocycles. The highest BCUT2D eigenvalue weighted by molar-refractivity contribution is 7.18. The first kappa shape index (κ1) is 11.0. The molecule has 0 amide bonds.